The third-order valence-electron chi connectivity index (χ3n) is 3.37. The first-order valence-corrected chi connectivity index (χ1v) is 7.86. The molecule has 1 aromatic heterocycles. The number of nitrogens with zero attached hydrogens (tertiary/aromatic N) is 1. The summed E-state index contributed by atoms with van der Waals surface area (Å²) < 4.78 is 26.3. The molecule has 0 radical (unpaired) electrons. The predicted octanol–water partition coefficient (Wildman–Crippen LogP) is 5.59. The van der Waals surface area contributed by atoms with Crippen LogP contribution in [-0.4, -0.2) is 4.98 Å². The van der Waals surface area contributed by atoms with Crippen molar-refractivity contribution in [1.29, 1.82) is 0 Å². The van der Waals surface area contributed by atoms with E-state index >= 15 is 0 Å². The van der Waals surface area contributed by atoms with Crippen LogP contribution in [0.2, 0.25) is 0 Å². The van der Waals surface area contributed by atoms with Gasteiger partial charge in [0, 0.05) is 22.7 Å². The molecule has 0 saturated heterocycles. The average molecular weight is 360 g/mol. The molecule has 2 aromatic carbocycles. The van der Waals surface area contributed by atoms with E-state index in [1.54, 1.807) is 30.5 Å². The summed E-state index contributed by atoms with van der Waals surface area (Å²) in [5.74, 6) is -0.569. The van der Waals surface area contributed by atoms with Crippen LogP contribution in [-0.2, 0) is 5.33 Å². The number of alkyl halides is 1. The minimum atomic E-state index is -0.288. The van der Waals surface area contributed by atoms with E-state index in [2.05, 4.69) is 20.9 Å². The number of aromatic nitrogens is 1. The zero-order chi connectivity index (χ0) is 15.5. The quantitative estimate of drug-likeness (QED) is 0.555. The molecule has 3 aromatic rings. The Hall–Kier alpha value is -2.07. The molecule has 0 fully saturated rings. The van der Waals surface area contributed by atoms with Gasteiger partial charge in [-0.1, -0.05) is 28.1 Å². The minimum Gasteiger partial charge on any atom is -0.255 e. The van der Waals surface area contributed by atoms with Crippen molar-refractivity contribution in [2.75, 3.05) is 0 Å². The first-order valence-electron chi connectivity index (χ1n) is 6.74. The lowest BCUT2D eigenvalue weighted by Crippen LogP contribution is -1.92. The van der Waals surface area contributed by atoms with Crippen LogP contribution in [0.4, 0.5) is 8.78 Å². The fourth-order valence-electron chi connectivity index (χ4n) is 2.27. The van der Waals surface area contributed by atoms with Gasteiger partial charge in [0.15, 0.2) is 0 Å². The Morgan fingerprint density at radius 2 is 1.36 bits per heavy atom. The maximum Gasteiger partial charge on any atom is 0.123 e. The summed E-state index contributed by atoms with van der Waals surface area (Å²) in [7, 11) is 0. The molecule has 0 saturated carbocycles. The number of rotatable bonds is 3. The van der Waals surface area contributed by atoms with Crippen molar-refractivity contribution in [2.24, 2.45) is 0 Å². The second kappa shape index (κ2) is 6.36. The molecule has 22 heavy (non-hydrogen) atoms. The maximum atomic E-state index is 13.2. The second-order valence-electron chi connectivity index (χ2n) is 4.89. The molecule has 110 valence electrons. The smallest absolute Gasteiger partial charge is 0.123 e. The van der Waals surface area contributed by atoms with Crippen LogP contribution >= 0.6 is 15.9 Å². The fraction of sp³-hybridized carbons (Fsp3) is 0.0556. The fourth-order valence-corrected chi connectivity index (χ4v) is 2.58. The van der Waals surface area contributed by atoms with Gasteiger partial charge in [0.1, 0.15) is 11.6 Å². The third kappa shape index (κ3) is 3.07. The highest BCUT2D eigenvalue weighted by Crippen LogP contribution is 2.31. The van der Waals surface area contributed by atoms with Gasteiger partial charge in [-0.15, -0.1) is 0 Å². The predicted molar refractivity (Wildman–Crippen MR) is 87.7 cm³/mol. The van der Waals surface area contributed by atoms with E-state index in [0.29, 0.717) is 5.33 Å². The Kier molecular flexibility index (Phi) is 4.29. The topological polar surface area (TPSA) is 12.9 Å². The molecule has 0 aliphatic carbocycles. The van der Waals surface area contributed by atoms with Gasteiger partial charge < -0.3 is 0 Å². The highest BCUT2D eigenvalue weighted by atomic mass is 79.9. The van der Waals surface area contributed by atoms with Gasteiger partial charge in [-0.05, 0) is 53.6 Å². The SMILES string of the molecule is Fc1ccc(-c2cc(CBr)cnc2-c2ccc(F)cc2)cc1. The van der Waals surface area contributed by atoms with Gasteiger partial charge in [-0.3, -0.25) is 4.98 Å². The van der Waals surface area contributed by atoms with Crippen molar-refractivity contribution in [2.45, 2.75) is 5.33 Å². The van der Waals surface area contributed by atoms with Crippen LogP contribution < -0.4 is 0 Å². The van der Waals surface area contributed by atoms with E-state index < -0.39 is 0 Å². The van der Waals surface area contributed by atoms with Crippen LogP contribution in [0, 0.1) is 11.6 Å². The van der Waals surface area contributed by atoms with E-state index in [1.165, 1.54) is 24.3 Å². The van der Waals surface area contributed by atoms with E-state index in [-0.39, 0.29) is 11.6 Å². The number of hydrogen-bond acceptors (Lipinski definition) is 1. The standard InChI is InChI=1S/C18H12BrF2N/c19-10-12-9-17(13-1-5-15(20)6-2-13)18(22-11-12)14-3-7-16(21)8-4-14/h1-9,11H,10H2. The van der Waals surface area contributed by atoms with Crippen LogP contribution in [0.1, 0.15) is 5.56 Å². The molecular formula is C18H12BrF2N. The average Bonchev–Trinajstić information content (AvgIpc) is 2.56. The van der Waals surface area contributed by atoms with Crippen LogP contribution in [0.15, 0.2) is 60.8 Å². The zero-order valence-electron chi connectivity index (χ0n) is 11.6. The van der Waals surface area contributed by atoms with Crippen LogP contribution in [0.5, 0.6) is 0 Å². The molecule has 0 amide bonds. The van der Waals surface area contributed by atoms with Crippen molar-refractivity contribution in [3.63, 3.8) is 0 Å². The molecule has 1 heterocycles. The Bertz CT molecular complexity index is 783. The monoisotopic (exact) mass is 359 g/mol. The molecule has 0 bridgehead atoms. The lowest BCUT2D eigenvalue weighted by atomic mass is 9.98. The second-order valence-corrected chi connectivity index (χ2v) is 5.45. The summed E-state index contributed by atoms with van der Waals surface area (Å²) in [6, 6.07) is 14.5. The first-order chi connectivity index (χ1) is 10.7. The van der Waals surface area contributed by atoms with Crippen LogP contribution in [0.25, 0.3) is 22.4 Å². The van der Waals surface area contributed by atoms with Crippen molar-refractivity contribution in [3.05, 3.63) is 78.0 Å². The van der Waals surface area contributed by atoms with Gasteiger partial charge in [0.25, 0.3) is 0 Å². The Morgan fingerprint density at radius 3 is 1.91 bits per heavy atom. The van der Waals surface area contributed by atoms with E-state index in [4.69, 9.17) is 0 Å². The molecular weight excluding hydrogens is 348 g/mol. The summed E-state index contributed by atoms with van der Waals surface area (Å²) in [6.07, 6.45) is 1.78. The summed E-state index contributed by atoms with van der Waals surface area (Å²) >= 11 is 3.42. The molecule has 0 unspecified atom stereocenters. The molecule has 4 heteroatoms. The largest absolute Gasteiger partial charge is 0.255 e. The van der Waals surface area contributed by atoms with E-state index in [0.717, 1.165) is 27.9 Å². The molecule has 0 spiro atoms. The van der Waals surface area contributed by atoms with Crippen LogP contribution in [0.3, 0.4) is 0 Å². The molecule has 1 nitrogen and oxygen atoms in total. The lowest BCUT2D eigenvalue weighted by Gasteiger charge is -2.11. The highest BCUT2D eigenvalue weighted by molar-refractivity contribution is 9.08. The number of benzene rings is 2. The van der Waals surface area contributed by atoms with E-state index in [9.17, 15) is 8.78 Å². The summed E-state index contributed by atoms with van der Waals surface area (Å²) in [5, 5.41) is 0.678. The Labute approximate surface area is 135 Å². The van der Waals surface area contributed by atoms with Gasteiger partial charge in [-0.2, -0.15) is 0 Å². The maximum absolute atomic E-state index is 13.2. The summed E-state index contributed by atoms with van der Waals surface area (Å²) in [5.41, 5.74) is 4.35. The van der Waals surface area contributed by atoms with E-state index in [1.807, 2.05) is 6.07 Å². The van der Waals surface area contributed by atoms with Gasteiger partial charge in [-0.25, -0.2) is 8.78 Å². The molecule has 0 aliphatic rings. The van der Waals surface area contributed by atoms with Crippen molar-refractivity contribution in [3.8, 4) is 22.4 Å². The first kappa shape index (κ1) is 14.9. The van der Waals surface area contributed by atoms with Crippen molar-refractivity contribution in [1.82, 2.24) is 4.98 Å². The normalized spacial score (nSPS) is 10.7. The zero-order valence-corrected chi connectivity index (χ0v) is 13.1. The Balaban J connectivity index is 2.17. The highest BCUT2D eigenvalue weighted by Gasteiger charge is 2.10. The summed E-state index contributed by atoms with van der Waals surface area (Å²) in [4.78, 5) is 4.50. The number of pyridine rings is 1. The lowest BCUT2D eigenvalue weighted by molar-refractivity contribution is 0.627. The van der Waals surface area contributed by atoms with Gasteiger partial charge in [0.2, 0.25) is 0 Å². The molecule has 0 aliphatic heterocycles. The molecule has 0 atom stereocenters. The number of halogens is 3. The third-order valence-corrected chi connectivity index (χ3v) is 4.02. The minimum absolute atomic E-state index is 0.281. The molecule has 3 rings (SSSR count). The van der Waals surface area contributed by atoms with Crippen molar-refractivity contribution >= 4 is 15.9 Å². The molecule has 0 N–H and O–H groups in total. The van der Waals surface area contributed by atoms with Crippen molar-refractivity contribution < 1.29 is 8.78 Å². The summed E-state index contributed by atoms with van der Waals surface area (Å²) in [6.45, 7) is 0. The Morgan fingerprint density at radius 1 is 0.818 bits per heavy atom. The van der Waals surface area contributed by atoms with Gasteiger partial charge >= 0.3 is 0 Å². The number of hydrogen-bond donors (Lipinski definition) is 0. The van der Waals surface area contributed by atoms with Gasteiger partial charge in [0.05, 0.1) is 5.69 Å².